The van der Waals surface area contributed by atoms with E-state index in [0.29, 0.717) is 19.8 Å². The van der Waals surface area contributed by atoms with Crippen molar-refractivity contribution in [3.05, 3.63) is 0 Å². The first kappa shape index (κ1) is 11.8. The van der Waals surface area contributed by atoms with Crippen LogP contribution in [0.2, 0.25) is 0 Å². The van der Waals surface area contributed by atoms with Crippen LogP contribution in [0.3, 0.4) is 0 Å². The van der Waals surface area contributed by atoms with E-state index in [1.54, 1.807) is 0 Å². The third-order valence-electron chi connectivity index (χ3n) is 3.32. The maximum absolute atomic E-state index is 12.0. The molecule has 2 heterocycles. The number of ether oxygens (including phenoxy) is 1. The summed E-state index contributed by atoms with van der Waals surface area (Å²) in [7, 11) is 2.13. The predicted molar refractivity (Wildman–Crippen MR) is 61.3 cm³/mol. The fraction of sp³-hybridized carbons (Fsp3) is 0.909. The highest BCUT2D eigenvalue weighted by molar-refractivity contribution is 5.78. The lowest BCUT2D eigenvalue weighted by Crippen LogP contribution is -2.50. The Labute approximate surface area is 96.9 Å². The van der Waals surface area contributed by atoms with E-state index >= 15 is 0 Å². The first-order valence-electron chi connectivity index (χ1n) is 6.02. The summed E-state index contributed by atoms with van der Waals surface area (Å²) in [6, 6.07) is 0. The van der Waals surface area contributed by atoms with E-state index in [1.807, 2.05) is 4.90 Å². The number of piperazine rings is 1. The zero-order valence-electron chi connectivity index (χ0n) is 10.0. The van der Waals surface area contributed by atoms with Crippen LogP contribution in [-0.2, 0) is 9.53 Å². The highest BCUT2D eigenvalue weighted by atomic mass is 16.5. The Hall–Kier alpha value is -0.650. The first-order valence-corrected chi connectivity index (χ1v) is 6.02. The van der Waals surface area contributed by atoms with Gasteiger partial charge in [-0.3, -0.25) is 9.69 Å². The van der Waals surface area contributed by atoms with Gasteiger partial charge < -0.3 is 14.5 Å². The number of amides is 1. The molecule has 92 valence electrons. The molecule has 0 aromatic heterocycles. The van der Waals surface area contributed by atoms with E-state index in [2.05, 4.69) is 16.8 Å². The summed E-state index contributed by atoms with van der Waals surface area (Å²) in [4.78, 5) is 18.4. The molecule has 0 spiro atoms. The van der Waals surface area contributed by atoms with Crippen LogP contribution in [0, 0.1) is 0 Å². The van der Waals surface area contributed by atoms with Crippen molar-refractivity contribution in [2.24, 2.45) is 0 Å². The van der Waals surface area contributed by atoms with Gasteiger partial charge in [0.05, 0.1) is 19.8 Å². The molecule has 0 bridgehead atoms. The Kier molecular flexibility index (Phi) is 4.15. The van der Waals surface area contributed by atoms with Crippen LogP contribution < -0.4 is 0 Å². The molecule has 2 saturated heterocycles. The van der Waals surface area contributed by atoms with Crippen molar-refractivity contribution >= 4 is 5.91 Å². The number of carbonyl (C=O) groups excluding carboxylic acids is 1. The highest BCUT2D eigenvalue weighted by Crippen LogP contribution is 2.02. The number of rotatable bonds is 2. The molecule has 0 saturated carbocycles. The van der Waals surface area contributed by atoms with Crippen molar-refractivity contribution < 1.29 is 9.53 Å². The topological polar surface area (TPSA) is 36.0 Å². The first-order chi connectivity index (χ1) is 7.75. The van der Waals surface area contributed by atoms with E-state index in [9.17, 15) is 4.79 Å². The molecule has 0 aromatic rings. The molecule has 1 amide bonds. The Balaban J connectivity index is 1.73. The molecule has 0 atom stereocenters. The largest absolute Gasteiger partial charge is 0.378 e. The SMILES string of the molecule is CN1CCN(CC(=O)N2CCOCC2)CC1. The van der Waals surface area contributed by atoms with E-state index in [0.717, 1.165) is 39.3 Å². The zero-order chi connectivity index (χ0) is 11.4. The number of nitrogens with zero attached hydrogens (tertiary/aromatic N) is 3. The van der Waals surface area contributed by atoms with Crippen molar-refractivity contribution in [3.63, 3.8) is 0 Å². The van der Waals surface area contributed by atoms with Crippen molar-refractivity contribution in [1.82, 2.24) is 14.7 Å². The van der Waals surface area contributed by atoms with E-state index in [4.69, 9.17) is 4.74 Å². The van der Waals surface area contributed by atoms with Gasteiger partial charge in [-0.1, -0.05) is 0 Å². The Morgan fingerprint density at radius 2 is 1.69 bits per heavy atom. The second-order valence-electron chi connectivity index (χ2n) is 4.57. The second-order valence-corrected chi connectivity index (χ2v) is 4.57. The number of hydrogen-bond donors (Lipinski definition) is 0. The summed E-state index contributed by atoms with van der Waals surface area (Å²) in [5, 5.41) is 0. The number of hydrogen-bond acceptors (Lipinski definition) is 4. The average molecular weight is 227 g/mol. The Morgan fingerprint density at radius 1 is 1.06 bits per heavy atom. The molecular weight excluding hydrogens is 206 g/mol. The summed E-state index contributed by atoms with van der Waals surface area (Å²) in [6.07, 6.45) is 0. The maximum Gasteiger partial charge on any atom is 0.236 e. The molecule has 0 aliphatic carbocycles. The number of morpholine rings is 1. The van der Waals surface area contributed by atoms with Crippen molar-refractivity contribution in [2.45, 2.75) is 0 Å². The van der Waals surface area contributed by atoms with Gasteiger partial charge in [0, 0.05) is 39.3 Å². The molecule has 5 nitrogen and oxygen atoms in total. The fourth-order valence-electron chi connectivity index (χ4n) is 2.11. The lowest BCUT2D eigenvalue weighted by Gasteiger charge is -2.34. The van der Waals surface area contributed by atoms with Gasteiger partial charge in [0.1, 0.15) is 0 Å². The standard InChI is InChI=1S/C11H21N3O2/c1-12-2-4-13(5-3-12)10-11(15)14-6-8-16-9-7-14/h2-10H2,1H3. The highest BCUT2D eigenvalue weighted by Gasteiger charge is 2.21. The molecule has 2 fully saturated rings. The van der Waals surface area contributed by atoms with Gasteiger partial charge >= 0.3 is 0 Å². The third kappa shape index (κ3) is 3.17. The van der Waals surface area contributed by atoms with Gasteiger partial charge in [-0.15, -0.1) is 0 Å². The van der Waals surface area contributed by atoms with Gasteiger partial charge in [0.2, 0.25) is 5.91 Å². The van der Waals surface area contributed by atoms with Crippen LogP contribution in [-0.4, -0.2) is 86.7 Å². The molecule has 0 unspecified atom stereocenters. The molecule has 0 aromatic carbocycles. The Morgan fingerprint density at radius 3 is 2.31 bits per heavy atom. The maximum atomic E-state index is 12.0. The minimum atomic E-state index is 0.257. The summed E-state index contributed by atoms with van der Waals surface area (Å²) in [5.41, 5.74) is 0. The van der Waals surface area contributed by atoms with Crippen LogP contribution in [0.15, 0.2) is 0 Å². The van der Waals surface area contributed by atoms with Crippen molar-refractivity contribution in [3.8, 4) is 0 Å². The van der Waals surface area contributed by atoms with E-state index < -0.39 is 0 Å². The third-order valence-corrected chi connectivity index (χ3v) is 3.32. The van der Waals surface area contributed by atoms with Gasteiger partial charge in [-0.05, 0) is 7.05 Å². The smallest absolute Gasteiger partial charge is 0.236 e. The zero-order valence-corrected chi connectivity index (χ0v) is 10.0. The predicted octanol–water partition coefficient (Wildman–Crippen LogP) is -0.907. The van der Waals surface area contributed by atoms with Gasteiger partial charge in [0.25, 0.3) is 0 Å². The van der Waals surface area contributed by atoms with Crippen LogP contribution >= 0.6 is 0 Å². The molecule has 16 heavy (non-hydrogen) atoms. The fourth-order valence-corrected chi connectivity index (χ4v) is 2.11. The second kappa shape index (κ2) is 5.61. The summed E-state index contributed by atoms with van der Waals surface area (Å²) < 4.78 is 5.24. The monoisotopic (exact) mass is 227 g/mol. The van der Waals surface area contributed by atoms with Crippen LogP contribution in [0.4, 0.5) is 0 Å². The lowest BCUT2D eigenvalue weighted by molar-refractivity contribution is -0.136. The van der Waals surface area contributed by atoms with Crippen molar-refractivity contribution in [2.75, 3.05) is 66.1 Å². The molecule has 0 N–H and O–H groups in total. The summed E-state index contributed by atoms with van der Waals surface area (Å²) >= 11 is 0. The summed E-state index contributed by atoms with van der Waals surface area (Å²) in [6.45, 7) is 7.61. The molecule has 0 radical (unpaired) electrons. The van der Waals surface area contributed by atoms with Crippen LogP contribution in [0.25, 0.3) is 0 Å². The van der Waals surface area contributed by atoms with Gasteiger partial charge in [-0.25, -0.2) is 0 Å². The molecular formula is C11H21N3O2. The van der Waals surface area contributed by atoms with Gasteiger partial charge in [0.15, 0.2) is 0 Å². The quantitative estimate of drug-likeness (QED) is 0.612. The van der Waals surface area contributed by atoms with Crippen LogP contribution in [0.1, 0.15) is 0 Å². The normalized spacial score (nSPS) is 24.7. The molecule has 5 heteroatoms. The lowest BCUT2D eigenvalue weighted by atomic mass is 10.3. The minimum Gasteiger partial charge on any atom is -0.378 e. The molecule has 2 aliphatic rings. The summed E-state index contributed by atoms with van der Waals surface area (Å²) in [5.74, 6) is 0.257. The average Bonchev–Trinajstić information content (AvgIpc) is 2.33. The van der Waals surface area contributed by atoms with E-state index in [1.165, 1.54) is 0 Å². The van der Waals surface area contributed by atoms with Crippen molar-refractivity contribution in [1.29, 1.82) is 0 Å². The Bertz CT molecular complexity index is 233. The molecule has 2 aliphatic heterocycles. The number of likely N-dealkylation sites (N-methyl/N-ethyl adjacent to an activating group) is 1. The van der Waals surface area contributed by atoms with Crippen LogP contribution in [0.5, 0.6) is 0 Å². The van der Waals surface area contributed by atoms with Gasteiger partial charge in [-0.2, -0.15) is 0 Å². The molecule has 2 rings (SSSR count). The number of carbonyl (C=O) groups is 1. The minimum absolute atomic E-state index is 0.257. The van der Waals surface area contributed by atoms with E-state index in [-0.39, 0.29) is 5.91 Å².